The lowest BCUT2D eigenvalue weighted by atomic mass is 10.1. The van der Waals surface area contributed by atoms with Crippen LogP contribution in [0.4, 0.5) is 0 Å². The molecule has 9 heteroatoms. The second-order valence-electron chi connectivity index (χ2n) is 6.50. The summed E-state index contributed by atoms with van der Waals surface area (Å²) in [6.07, 6.45) is 0. The fourth-order valence-corrected chi connectivity index (χ4v) is 4.31. The van der Waals surface area contributed by atoms with E-state index in [1.807, 2.05) is 6.92 Å². The number of nitrogens with zero attached hydrogens (tertiary/aromatic N) is 1. The summed E-state index contributed by atoms with van der Waals surface area (Å²) in [4.78, 5) is 24.5. The summed E-state index contributed by atoms with van der Waals surface area (Å²) in [5, 5.41) is 0. The Kier molecular flexibility index (Phi) is 7.20. The average molecular weight is 433 g/mol. The van der Waals surface area contributed by atoms with Crippen LogP contribution in [-0.4, -0.2) is 64.0 Å². The molecule has 1 aliphatic heterocycles. The van der Waals surface area contributed by atoms with Gasteiger partial charge in [-0.1, -0.05) is 0 Å². The molecule has 0 saturated carbocycles. The lowest BCUT2D eigenvalue weighted by molar-refractivity contribution is 0.0474. The van der Waals surface area contributed by atoms with Crippen molar-refractivity contribution in [2.45, 2.75) is 11.8 Å². The van der Waals surface area contributed by atoms with Crippen LogP contribution in [0.2, 0.25) is 0 Å². The van der Waals surface area contributed by atoms with Gasteiger partial charge in [-0.2, -0.15) is 4.31 Å². The van der Waals surface area contributed by atoms with E-state index in [-0.39, 0.29) is 10.5 Å². The van der Waals surface area contributed by atoms with Crippen molar-refractivity contribution in [2.75, 3.05) is 39.5 Å². The van der Waals surface area contributed by atoms with E-state index in [0.29, 0.717) is 44.2 Å². The number of sulfonamides is 1. The number of benzene rings is 2. The van der Waals surface area contributed by atoms with Crippen LogP contribution < -0.4 is 4.74 Å². The summed E-state index contributed by atoms with van der Waals surface area (Å²) in [6.45, 7) is 3.24. The average Bonchev–Trinajstić information content (AvgIpc) is 2.78. The lowest BCUT2D eigenvalue weighted by Gasteiger charge is -2.26. The fourth-order valence-electron chi connectivity index (χ4n) is 2.90. The molecule has 2 aromatic rings. The quantitative estimate of drug-likeness (QED) is 0.465. The first kappa shape index (κ1) is 21.9. The maximum absolute atomic E-state index is 12.6. The highest BCUT2D eigenvalue weighted by Crippen LogP contribution is 2.18. The number of esters is 1. The van der Waals surface area contributed by atoms with Gasteiger partial charge in [0.05, 0.1) is 30.3 Å². The smallest absolute Gasteiger partial charge is 0.338 e. The molecule has 1 aliphatic rings. The predicted octanol–water partition coefficient (Wildman–Crippen LogP) is 2.15. The molecule has 0 spiro atoms. The molecule has 160 valence electrons. The molecule has 0 bridgehead atoms. The predicted molar refractivity (Wildman–Crippen MR) is 108 cm³/mol. The molecular weight excluding hydrogens is 410 g/mol. The van der Waals surface area contributed by atoms with E-state index in [4.69, 9.17) is 14.2 Å². The Morgan fingerprint density at radius 1 is 0.967 bits per heavy atom. The molecule has 1 heterocycles. The van der Waals surface area contributed by atoms with Crippen LogP contribution in [0, 0.1) is 0 Å². The first-order valence-corrected chi connectivity index (χ1v) is 11.0. The van der Waals surface area contributed by atoms with Crippen molar-refractivity contribution < 1.29 is 32.2 Å². The summed E-state index contributed by atoms with van der Waals surface area (Å²) >= 11 is 0. The number of ether oxygens (including phenoxy) is 3. The zero-order chi connectivity index (χ0) is 21.6. The van der Waals surface area contributed by atoms with Crippen molar-refractivity contribution in [1.29, 1.82) is 0 Å². The molecular formula is C21H23NO7S. The van der Waals surface area contributed by atoms with Gasteiger partial charge < -0.3 is 14.2 Å². The third-order valence-electron chi connectivity index (χ3n) is 4.52. The van der Waals surface area contributed by atoms with Crippen molar-refractivity contribution in [2.24, 2.45) is 0 Å². The van der Waals surface area contributed by atoms with Gasteiger partial charge in [0, 0.05) is 18.7 Å². The highest BCUT2D eigenvalue weighted by Gasteiger charge is 2.26. The maximum Gasteiger partial charge on any atom is 0.338 e. The number of morpholine rings is 1. The number of ketones is 1. The number of Topliss-reactive ketones (excluding diaryl/α,β-unsaturated/α-hetero) is 1. The summed E-state index contributed by atoms with van der Waals surface area (Å²) < 4.78 is 42.1. The molecule has 1 saturated heterocycles. The zero-order valence-corrected chi connectivity index (χ0v) is 17.4. The first-order chi connectivity index (χ1) is 14.4. The molecule has 0 amide bonds. The standard InChI is InChI=1S/C21H23NO7S/c1-2-28-18-7-3-17(4-8-18)21(24)29-15-20(23)16-5-9-19(10-6-16)30(25,26)22-11-13-27-14-12-22/h3-10H,2,11-15H2,1H3. The van der Waals surface area contributed by atoms with E-state index in [9.17, 15) is 18.0 Å². The van der Waals surface area contributed by atoms with Crippen molar-refractivity contribution in [3.05, 3.63) is 59.7 Å². The summed E-state index contributed by atoms with van der Waals surface area (Å²) in [7, 11) is -3.63. The third kappa shape index (κ3) is 5.24. The van der Waals surface area contributed by atoms with Crippen LogP contribution in [0.5, 0.6) is 5.75 Å². The molecule has 2 aromatic carbocycles. The van der Waals surface area contributed by atoms with Gasteiger partial charge in [-0.05, 0) is 55.5 Å². The van der Waals surface area contributed by atoms with E-state index in [1.165, 1.54) is 28.6 Å². The topological polar surface area (TPSA) is 99.2 Å². The largest absolute Gasteiger partial charge is 0.494 e. The molecule has 0 aromatic heterocycles. The Labute approximate surface area is 175 Å². The van der Waals surface area contributed by atoms with Crippen LogP contribution in [-0.2, 0) is 19.5 Å². The van der Waals surface area contributed by atoms with E-state index >= 15 is 0 Å². The van der Waals surface area contributed by atoms with Crippen molar-refractivity contribution in [1.82, 2.24) is 4.31 Å². The third-order valence-corrected chi connectivity index (χ3v) is 6.43. The Balaban J connectivity index is 1.58. The van der Waals surface area contributed by atoms with Crippen LogP contribution in [0.15, 0.2) is 53.4 Å². The van der Waals surface area contributed by atoms with E-state index < -0.39 is 28.4 Å². The normalized spacial score (nSPS) is 14.8. The highest BCUT2D eigenvalue weighted by molar-refractivity contribution is 7.89. The second-order valence-corrected chi connectivity index (χ2v) is 8.44. The highest BCUT2D eigenvalue weighted by atomic mass is 32.2. The molecule has 3 rings (SSSR count). The molecule has 30 heavy (non-hydrogen) atoms. The molecule has 0 atom stereocenters. The number of hydrogen-bond donors (Lipinski definition) is 0. The van der Waals surface area contributed by atoms with Crippen molar-refractivity contribution >= 4 is 21.8 Å². The van der Waals surface area contributed by atoms with Crippen LogP contribution >= 0.6 is 0 Å². The Hall–Kier alpha value is -2.75. The van der Waals surface area contributed by atoms with Gasteiger partial charge in [0.1, 0.15) is 5.75 Å². The SMILES string of the molecule is CCOc1ccc(C(=O)OCC(=O)c2ccc(S(=O)(=O)N3CCOCC3)cc2)cc1. The zero-order valence-electron chi connectivity index (χ0n) is 16.6. The molecule has 0 aliphatic carbocycles. The number of rotatable bonds is 8. The minimum Gasteiger partial charge on any atom is -0.494 e. The Morgan fingerprint density at radius 2 is 1.57 bits per heavy atom. The fraction of sp³-hybridized carbons (Fsp3) is 0.333. The lowest BCUT2D eigenvalue weighted by Crippen LogP contribution is -2.40. The molecule has 8 nitrogen and oxygen atoms in total. The summed E-state index contributed by atoms with van der Waals surface area (Å²) in [6, 6.07) is 12.0. The van der Waals surface area contributed by atoms with Crippen LogP contribution in [0.3, 0.4) is 0 Å². The van der Waals surface area contributed by atoms with Gasteiger partial charge in [0.2, 0.25) is 10.0 Å². The van der Waals surface area contributed by atoms with Gasteiger partial charge in [-0.25, -0.2) is 13.2 Å². The minimum absolute atomic E-state index is 0.104. The van der Waals surface area contributed by atoms with E-state index in [0.717, 1.165) is 0 Å². The second kappa shape index (κ2) is 9.84. The van der Waals surface area contributed by atoms with E-state index in [2.05, 4.69) is 0 Å². The van der Waals surface area contributed by atoms with Gasteiger partial charge in [-0.3, -0.25) is 4.79 Å². The van der Waals surface area contributed by atoms with Crippen molar-refractivity contribution in [3.63, 3.8) is 0 Å². The number of hydrogen-bond acceptors (Lipinski definition) is 7. The number of carbonyl (C=O) groups is 2. The Bertz CT molecular complexity index is 979. The summed E-state index contributed by atoms with van der Waals surface area (Å²) in [5.41, 5.74) is 0.564. The monoisotopic (exact) mass is 433 g/mol. The van der Waals surface area contributed by atoms with Crippen molar-refractivity contribution in [3.8, 4) is 5.75 Å². The maximum atomic E-state index is 12.6. The van der Waals surface area contributed by atoms with Crippen LogP contribution in [0.25, 0.3) is 0 Å². The van der Waals surface area contributed by atoms with Gasteiger partial charge in [-0.15, -0.1) is 0 Å². The minimum atomic E-state index is -3.63. The van der Waals surface area contributed by atoms with Gasteiger partial charge >= 0.3 is 5.97 Å². The number of carbonyl (C=O) groups excluding carboxylic acids is 2. The van der Waals surface area contributed by atoms with E-state index in [1.54, 1.807) is 24.3 Å². The van der Waals surface area contributed by atoms with Gasteiger partial charge in [0.15, 0.2) is 12.4 Å². The van der Waals surface area contributed by atoms with Gasteiger partial charge in [0.25, 0.3) is 0 Å². The first-order valence-electron chi connectivity index (χ1n) is 9.53. The molecule has 0 unspecified atom stereocenters. The summed E-state index contributed by atoms with van der Waals surface area (Å²) in [5.74, 6) is -0.417. The molecule has 1 fully saturated rings. The molecule has 0 radical (unpaired) electrons. The molecule has 0 N–H and O–H groups in total. The Morgan fingerprint density at radius 3 is 2.17 bits per heavy atom. The van der Waals surface area contributed by atoms with Crippen LogP contribution in [0.1, 0.15) is 27.6 Å².